The van der Waals surface area contributed by atoms with Crippen molar-refractivity contribution in [3.63, 3.8) is 0 Å². The number of piperazine rings is 1. The number of carbonyl (C=O) groups excluding carboxylic acids is 1. The highest BCUT2D eigenvalue weighted by atomic mass is 35.5. The highest BCUT2D eigenvalue weighted by Crippen LogP contribution is 2.31. The third kappa shape index (κ3) is 6.69. The number of sulfonamides is 1. The van der Waals surface area contributed by atoms with Crippen LogP contribution in [0.4, 0.5) is 0 Å². The number of carbonyl (C=O) groups is 1. The molecule has 3 heterocycles. The van der Waals surface area contributed by atoms with Crippen molar-refractivity contribution in [2.45, 2.75) is 49.1 Å². The van der Waals surface area contributed by atoms with Gasteiger partial charge in [0.05, 0.1) is 11.6 Å². The molecule has 8 nitrogen and oxygen atoms in total. The van der Waals surface area contributed by atoms with Crippen LogP contribution in [0.3, 0.4) is 0 Å². The van der Waals surface area contributed by atoms with Gasteiger partial charge in [-0.05, 0) is 64.0 Å². The van der Waals surface area contributed by atoms with E-state index in [1.54, 1.807) is 0 Å². The molecular weight excluding hydrogens is 511 g/mol. The van der Waals surface area contributed by atoms with Gasteiger partial charge in [-0.2, -0.15) is 4.31 Å². The number of likely N-dealkylation sites (tertiary alicyclic amines) is 1. The molecule has 1 aromatic carbocycles. The van der Waals surface area contributed by atoms with Gasteiger partial charge in [0.15, 0.2) is 0 Å². The maximum Gasteiger partial charge on any atom is 0.248 e. The van der Waals surface area contributed by atoms with E-state index in [1.165, 1.54) is 35.3 Å². The highest BCUT2D eigenvalue weighted by molar-refractivity contribution is 7.89. The summed E-state index contributed by atoms with van der Waals surface area (Å²) in [4.78, 5) is 19.6. The fraction of sp³-hybridized carbons (Fsp3) is 0.708. The molecule has 0 N–H and O–H groups in total. The fourth-order valence-corrected chi connectivity index (χ4v) is 7.77. The zero-order chi connectivity index (χ0) is 25.0. The van der Waals surface area contributed by atoms with E-state index in [4.69, 9.17) is 27.9 Å². The van der Waals surface area contributed by atoms with Crippen molar-refractivity contribution in [1.29, 1.82) is 0 Å². The molecular formula is C24H36Cl2N4O4S. The van der Waals surface area contributed by atoms with Crippen molar-refractivity contribution < 1.29 is 17.9 Å². The van der Waals surface area contributed by atoms with E-state index in [9.17, 15) is 13.2 Å². The fourth-order valence-electron chi connectivity index (χ4n) is 5.34. The average molecular weight is 548 g/mol. The molecule has 0 radical (unpaired) electrons. The second-order valence-corrected chi connectivity index (χ2v) is 12.5. The van der Waals surface area contributed by atoms with Crippen LogP contribution in [0.1, 0.15) is 32.1 Å². The summed E-state index contributed by atoms with van der Waals surface area (Å²) in [5, 5.41) is 0.496. The molecule has 3 aliphatic rings. The first kappa shape index (κ1) is 27.1. The third-order valence-electron chi connectivity index (χ3n) is 7.46. The monoisotopic (exact) mass is 546 g/mol. The Labute approximate surface area is 219 Å². The minimum atomic E-state index is -3.79. The van der Waals surface area contributed by atoms with E-state index in [0.717, 1.165) is 39.0 Å². The smallest absolute Gasteiger partial charge is 0.248 e. The lowest BCUT2D eigenvalue weighted by atomic mass is 10.0. The molecule has 11 heteroatoms. The van der Waals surface area contributed by atoms with E-state index >= 15 is 0 Å². The first-order chi connectivity index (χ1) is 16.8. The number of nitrogens with zero attached hydrogens (tertiary/aromatic N) is 4. The standard InChI is InChI=1S/C24H36Cl2N4O4S/c1-27-10-7-20(8-11-27)28-12-14-29(15-13-28)24(31)18-34-17-21-4-2-3-9-30(21)35(32,33)23-6-5-19(25)16-22(23)26/h5-6,16,20-21H,2-4,7-15,17-18H2,1H3. The molecule has 3 aliphatic heterocycles. The summed E-state index contributed by atoms with van der Waals surface area (Å²) in [6.07, 6.45) is 4.77. The van der Waals surface area contributed by atoms with Crippen molar-refractivity contribution in [1.82, 2.24) is 19.0 Å². The van der Waals surface area contributed by atoms with Crippen molar-refractivity contribution in [2.24, 2.45) is 0 Å². The van der Waals surface area contributed by atoms with Crippen LogP contribution in [0.15, 0.2) is 23.1 Å². The molecule has 1 aromatic rings. The van der Waals surface area contributed by atoms with Crippen LogP contribution in [0.2, 0.25) is 10.0 Å². The maximum atomic E-state index is 13.3. The lowest BCUT2D eigenvalue weighted by molar-refractivity contribution is -0.138. The van der Waals surface area contributed by atoms with Crippen molar-refractivity contribution in [2.75, 3.05) is 66.1 Å². The molecule has 0 saturated carbocycles. The number of hydrogen-bond donors (Lipinski definition) is 0. The van der Waals surface area contributed by atoms with Crippen molar-refractivity contribution in [3.8, 4) is 0 Å². The van der Waals surface area contributed by atoms with Gasteiger partial charge in [0.25, 0.3) is 0 Å². The van der Waals surface area contributed by atoms with Crippen LogP contribution in [0.25, 0.3) is 0 Å². The third-order valence-corrected chi connectivity index (χ3v) is 10.1. The van der Waals surface area contributed by atoms with Crippen LogP contribution >= 0.6 is 23.2 Å². The Balaban J connectivity index is 1.26. The van der Waals surface area contributed by atoms with Crippen LogP contribution in [0, 0.1) is 0 Å². The number of rotatable bonds is 7. The molecule has 0 bridgehead atoms. The molecule has 0 spiro atoms. The summed E-state index contributed by atoms with van der Waals surface area (Å²) in [5.74, 6) is -0.0287. The lowest BCUT2D eigenvalue weighted by Gasteiger charge is -2.42. The number of benzene rings is 1. The van der Waals surface area contributed by atoms with Crippen LogP contribution in [-0.2, 0) is 19.6 Å². The first-order valence-electron chi connectivity index (χ1n) is 12.5. The van der Waals surface area contributed by atoms with Gasteiger partial charge in [-0.1, -0.05) is 29.6 Å². The quantitative estimate of drug-likeness (QED) is 0.523. The van der Waals surface area contributed by atoms with E-state index in [2.05, 4.69) is 16.8 Å². The predicted molar refractivity (Wildman–Crippen MR) is 137 cm³/mol. The van der Waals surface area contributed by atoms with Gasteiger partial charge in [-0.25, -0.2) is 8.42 Å². The van der Waals surface area contributed by atoms with E-state index in [-0.39, 0.29) is 35.1 Å². The van der Waals surface area contributed by atoms with E-state index in [0.29, 0.717) is 37.1 Å². The van der Waals surface area contributed by atoms with Crippen LogP contribution in [0.5, 0.6) is 0 Å². The second kappa shape index (κ2) is 12.1. The van der Waals surface area contributed by atoms with Gasteiger partial charge in [0.2, 0.25) is 15.9 Å². The van der Waals surface area contributed by atoms with Gasteiger partial charge < -0.3 is 14.5 Å². The van der Waals surface area contributed by atoms with Gasteiger partial charge in [0, 0.05) is 49.8 Å². The average Bonchev–Trinajstić information content (AvgIpc) is 2.84. The Bertz CT molecular complexity index is 980. The Morgan fingerprint density at radius 2 is 1.71 bits per heavy atom. The molecule has 1 unspecified atom stereocenters. The van der Waals surface area contributed by atoms with Crippen LogP contribution < -0.4 is 0 Å². The first-order valence-corrected chi connectivity index (χ1v) is 14.7. The zero-order valence-corrected chi connectivity index (χ0v) is 22.7. The van der Waals surface area contributed by atoms with E-state index < -0.39 is 10.0 Å². The molecule has 1 atom stereocenters. The molecule has 4 rings (SSSR count). The largest absolute Gasteiger partial charge is 0.370 e. The van der Waals surface area contributed by atoms with E-state index in [1.807, 2.05) is 4.90 Å². The number of hydrogen-bond acceptors (Lipinski definition) is 6. The van der Waals surface area contributed by atoms with Gasteiger partial charge >= 0.3 is 0 Å². The van der Waals surface area contributed by atoms with Gasteiger partial charge in [-0.3, -0.25) is 9.69 Å². The Hall–Kier alpha value is -0.940. The molecule has 35 heavy (non-hydrogen) atoms. The Morgan fingerprint density at radius 3 is 2.40 bits per heavy atom. The zero-order valence-electron chi connectivity index (χ0n) is 20.4. The number of amides is 1. The van der Waals surface area contributed by atoms with Gasteiger partial charge in [0.1, 0.15) is 11.5 Å². The minimum Gasteiger partial charge on any atom is -0.370 e. The lowest BCUT2D eigenvalue weighted by Crippen LogP contribution is -2.54. The minimum absolute atomic E-state index is 0.0275. The summed E-state index contributed by atoms with van der Waals surface area (Å²) in [6.45, 7) is 6.06. The summed E-state index contributed by atoms with van der Waals surface area (Å²) < 4.78 is 33.9. The molecule has 0 aliphatic carbocycles. The SMILES string of the molecule is CN1CCC(N2CCN(C(=O)COCC3CCCCN3S(=O)(=O)c3ccc(Cl)cc3Cl)CC2)CC1. The highest BCUT2D eigenvalue weighted by Gasteiger charge is 2.35. The molecule has 196 valence electrons. The predicted octanol–water partition coefficient (Wildman–Crippen LogP) is 2.79. The van der Waals surface area contributed by atoms with Crippen LogP contribution in [-0.4, -0.2) is 111 Å². The summed E-state index contributed by atoms with van der Waals surface area (Å²) in [6, 6.07) is 4.71. The number of ether oxygens (including phenoxy) is 1. The normalized spacial score (nSPS) is 24.1. The molecule has 3 saturated heterocycles. The summed E-state index contributed by atoms with van der Waals surface area (Å²) >= 11 is 12.1. The van der Waals surface area contributed by atoms with Crippen molar-refractivity contribution >= 4 is 39.1 Å². The molecule has 3 fully saturated rings. The Morgan fingerprint density at radius 1 is 1.00 bits per heavy atom. The summed E-state index contributed by atoms with van der Waals surface area (Å²) in [7, 11) is -1.62. The summed E-state index contributed by atoms with van der Waals surface area (Å²) in [5.41, 5.74) is 0. The Kier molecular flexibility index (Phi) is 9.35. The second-order valence-electron chi connectivity index (χ2n) is 9.81. The maximum absolute atomic E-state index is 13.3. The number of halogens is 2. The molecule has 0 aromatic heterocycles. The van der Waals surface area contributed by atoms with Crippen molar-refractivity contribution in [3.05, 3.63) is 28.2 Å². The molecule has 1 amide bonds. The van der Waals surface area contributed by atoms with Gasteiger partial charge in [-0.15, -0.1) is 0 Å². The number of piperidine rings is 2. The topological polar surface area (TPSA) is 73.4 Å².